The van der Waals surface area contributed by atoms with Crippen LogP contribution in [0.2, 0.25) is 0 Å². The number of benzene rings is 7. The molecule has 0 unspecified atom stereocenters. The minimum Gasteiger partial charge on any atom is -0.485 e. The van der Waals surface area contributed by atoms with Gasteiger partial charge in [0.1, 0.15) is 31.4 Å². The van der Waals surface area contributed by atoms with Crippen LogP contribution in [0, 0.1) is 5.92 Å². The lowest BCUT2D eigenvalue weighted by molar-refractivity contribution is -0.142. The molecule has 0 fully saturated rings. The molecule has 0 radical (unpaired) electrons. The molecular weight excluding hydrogens is 823 g/mol. The first-order valence-corrected chi connectivity index (χ1v) is 22.6. The van der Waals surface area contributed by atoms with Crippen LogP contribution >= 0.6 is 0 Å². The van der Waals surface area contributed by atoms with E-state index in [4.69, 9.17) is 14.2 Å². The minimum absolute atomic E-state index is 0.0963. The Morgan fingerprint density at radius 3 is 1.83 bits per heavy atom. The van der Waals surface area contributed by atoms with Crippen molar-refractivity contribution in [2.45, 2.75) is 70.9 Å². The third-order valence-corrected chi connectivity index (χ3v) is 12.7. The molecule has 2 N–H and O–H groups in total. The third kappa shape index (κ3) is 10.1. The number of likely N-dealkylation sites (N-methyl/N-ethyl adjacent to an activating group) is 1. The number of alkyl carbamates (subject to hydrolysis) is 1. The number of carbonyl (C=O) groups excluding carboxylic acids is 3. The van der Waals surface area contributed by atoms with Crippen molar-refractivity contribution in [3.8, 4) is 22.6 Å². The summed E-state index contributed by atoms with van der Waals surface area (Å²) in [4.78, 5) is 45.2. The van der Waals surface area contributed by atoms with Crippen molar-refractivity contribution >= 4 is 28.7 Å². The smallest absolute Gasteiger partial charge is 0.407 e. The standard InChI is InChI=1S/C57H57N3O6/c1-38(2)53(58-56(63)66-37-50-48-28-16-14-26-46(48)47-27-15-17-29-49(47)50)54(61)59-57(4,55(62)60(5)39(3)44-30-18-24-43-23-12-13-25-45(43)44)34-42-31-32-51(64-35-40-19-8-6-9-20-40)52(33-42)65-36-41-21-10-7-11-22-41/h6-33,38-39,50,53H,34-37H2,1-5H3,(H,58,63)(H,59,61)/t39-,53+,57-/m1/s1. The Morgan fingerprint density at radius 1 is 0.636 bits per heavy atom. The van der Waals surface area contributed by atoms with Crippen LogP contribution < -0.4 is 20.1 Å². The molecule has 0 aliphatic heterocycles. The summed E-state index contributed by atoms with van der Waals surface area (Å²) in [5.41, 5.74) is 6.62. The molecule has 0 heterocycles. The van der Waals surface area contributed by atoms with E-state index in [9.17, 15) is 9.59 Å². The van der Waals surface area contributed by atoms with Gasteiger partial charge in [-0.3, -0.25) is 9.59 Å². The Balaban J connectivity index is 1.06. The maximum atomic E-state index is 15.2. The summed E-state index contributed by atoms with van der Waals surface area (Å²) in [6, 6.07) is 54.5. The van der Waals surface area contributed by atoms with E-state index >= 15 is 4.79 Å². The molecule has 0 aromatic heterocycles. The van der Waals surface area contributed by atoms with Gasteiger partial charge in [-0.1, -0.05) is 172 Å². The number of ether oxygens (including phenoxy) is 3. The third-order valence-electron chi connectivity index (χ3n) is 12.7. The maximum Gasteiger partial charge on any atom is 0.407 e. The largest absolute Gasteiger partial charge is 0.485 e. The van der Waals surface area contributed by atoms with Crippen LogP contribution in [0.3, 0.4) is 0 Å². The quantitative estimate of drug-likeness (QED) is 0.0944. The van der Waals surface area contributed by atoms with E-state index in [0.717, 1.165) is 55.3 Å². The lowest BCUT2D eigenvalue weighted by Crippen LogP contribution is -2.62. The fourth-order valence-electron chi connectivity index (χ4n) is 8.99. The van der Waals surface area contributed by atoms with Crippen LogP contribution in [0.15, 0.2) is 170 Å². The molecular formula is C57H57N3O6. The van der Waals surface area contributed by atoms with Gasteiger partial charge >= 0.3 is 6.09 Å². The molecule has 1 aliphatic carbocycles. The van der Waals surface area contributed by atoms with E-state index in [1.165, 1.54) is 0 Å². The van der Waals surface area contributed by atoms with Crippen LogP contribution in [-0.2, 0) is 34.0 Å². The lowest BCUT2D eigenvalue weighted by Gasteiger charge is -2.38. The number of nitrogens with one attached hydrogen (secondary N) is 2. The molecule has 66 heavy (non-hydrogen) atoms. The van der Waals surface area contributed by atoms with Crippen molar-refractivity contribution in [3.05, 3.63) is 203 Å². The van der Waals surface area contributed by atoms with Crippen molar-refractivity contribution in [1.29, 1.82) is 0 Å². The first-order chi connectivity index (χ1) is 32.0. The highest BCUT2D eigenvalue weighted by molar-refractivity contribution is 5.95. The Bertz CT molecular complexity index is 2760. The highest BCUT2D eigenvalue weighted by Gasteiger charge is 2.41. The van der Waals surface area contributed by atoms with Crippen molar-refractivity contribution in [3.63, 3.8) is 0 Å². The first kappa shape index (κ1) is 45.2. The van der Waals surface area contributed by atoms with Crippen LogP contribution in [0.1, 0.15) is 73.0 Å². The summed E-state index contributed by atoms with van der Waals surface area (Å²) in [6.45, 7) is 8.17. The molecule has 1 aliphatic rings. The highest BCUT2D eigenvalue weighted by Crippen LogP contribution is 2.44. The number of carbonyl (C=O) groups is 3. The topological polar surface area (TPSA) is 106 Å². The van der Waals surface area contributed by atoms with Gasteiger partial charge in [-0.05, 0) is 87.2 Å². The normalized spacial score (nSPS) is 13.7. The van der Waals surface area contributed by atoms with Crippen molar-refractivity contribution < 1.29 is 28.6 Å². The van der Waals surface area contributed by atoms with E-state index in [-0.39, 0.29) is 36.8 Å². The predicted octanol–water partition coefficient (Wildman–Crippen LogP) is 11.2. The maximum absolute atomic E-state index is 15.2. The summed E-state index contributed by atoms with van der Waals surface area (Å²) in [5.74, 6) is -0.269. The van der Waals surface area contributed by atoms with Gasteiger partial charge in [0, 0.05) is 19.4 Å². The Hall–Kier alpha value is -7.39. The van der Waals surface area contributed by atoms with Gasteiger partial charge in [-0.2, -0.15) is 0 Å². The van der Waals surface area contributed by atoms with Gasteiger partial charge in [0.25, 0.3) is 0 Å². The summed E-state index contributed by atoms with van der Waals surface area (Å²) in [7, 11) is 1.77. The molecule has 7 aromatic rings. The average molecular weight is 880 g/mol. The van der Waals surface area contributed by atoms with E-state index in [0.29, 0.717) is 24.7 Å². The second kappa shape index (κ2) is 20.2. The summed E-state index contributed by atoms with van der Waals surface area (Å²) in [6.07, 6.45) is -0.618. The van der Waals surface area contributed by atoms with Gasteiger partial charge in [0.2, 0.25) is 11.8 Å². The number of hydrogen-bond donors (Lipinski definition) is 2. The molecule has 0 bridgehead atoms. The fourth-order valence-corrected chi connectivity index (χ4v) is 8.99. The van der Waals surface area contributed by atoms with Gasteiger partial charge in [-0.25, -0.2) is 4.79 Å². The monoisotopic (exact) mass is 879 g/mol. The average Bonchev–Trinajstić information content (AvgIpc) is 3.66. The molecule has 0 spiro atoms. The zero-order valence-corrected chi connectivity index (χ0v) is 38.2. The van der Waals surface area contributed by atoms with Crippen LogP contribution in [0.5, 0.6) is 11.5 Å². The van der Waals surface area contributed by atoms with Gasteiger partial charge in [0.05, 0.1) is 6.04 Å². The zero-order chi connectivity index (χ0) is 46.2. The predicted molar refractivity (Wildman–Crippen MR) is 260 cm³/mol. The fraction of sp³-hybridized carbons (Fsp3) is 0.246. The summed E-state index contributed by atoms with van der Waals surface area (Å²) < 4.78 is 18.7. The SMILES string of the molecule is CC(C)[C@H](NC(=O)OCC1c2ccccc2-c2ccccc21)C(=O)N[C@](C)(Cc1ccc(OCc2ccccc2)c(OCc2ccccc2)c1)C(=O)N(C)[C@H](C)c1cccc2ccccc12. The number of amides is 3. The summed E-state index contributed by atoms with van der Waals surface area (Å²) >= 11 is 0. The van der Waals surface area contributed by atoms with Crippen LogP contribution in [0.4, 0.5) is 4.79 Å². The van der Waals surface area contributed by atoms with Crippen LogP contribution in [0.25, 0.3) is 21.9 Å². The molecule has 7 aromatic carbocycles. The number of nitrogens with zero attached hydrogens (tertiary/aromatic N) is 1. The van der Waals surface area contributed by atoms with E-state index in [1.54, 1.807) is 18.9 Å². The molecule has 0 saturated heterocycles. The Kier molecular flexibility index (Phi) is 13.8. The second-order valence-corrected chi connectivity index (χ2v) is 17.7. The van der Waals surface area contributed by atoms with Crippen LogP contribution in [-0.4, -0.2) is 48.0 Å². The van der Waals surface area contributed by atoms with Crippen molar-refractivity contribution in [2.75, 3.05) is 13.7 Å². The van der Waals surface area contributed by atoms with Gasteiger partial charge in [0.15, 0.2) is 11.5 Å². The number of rotatable bonds is 17. The first-order valence-electron chi connectivity index (χ1n) is 22.6. The molecule has 8 rings (SSSR count). The van der Waals surface area contributed by atoms with E-state index in [1.807, 2.05) is 148 Å². The highest BCUT2D eigenvalue weighted by atomic mass is 16.5. The molecule has 3 amide bonds. The number of hydrogen-bond acceptors (Lipinski definition) is 6. The van der Waals surface area contributed by atoms with E-state index in [2.05, 4.69) is 53.1 Å². The molecule has 3 atom stereocenters. The molecule has 336 valence electrons. The zero-order valence-electron chi connectivity index (χ0n) is 38.2. The van der Waals surface area contributed by atoms with Gasteiger partial charge in [-0.15, -0.1) is 0 Å². The Morgan fingerprint density at radius 2 is 1.20 bits per heavy atom. The molecule has 0 saturated carbocycles. The lowest BCUT2D eigenvalue weighted by atomic mass is 9.88. The molecule has 9 nitrogen and oxygen atoms in total. The minimum atomic E-state index is -1.50. The summed E-state index contributed by atoms with van der Waals surface area (Å²) in [5, 5.41) is 8.10. The van der Waals surface area contributed by atoms with Gasteiger partial charge < -0.3 is 29.7 Å². The molecule has 9 heteroatoms. The van der Waals surface area contributed by atoms with Crippen molar-refractivity contribution in [2.24, 2.45) is 5.92 Å². The van der Waals surface area contributed by atoms with Crippen molar-refractivity contribution in [1.82, 2.24) is 15.5 Å². The second-order valence-electron chi connectivity index (χ2n) is 17.7. The number of fused-ring (bicyclic) bond motifs is 4. The van der Waals surface area contributed by atoms with E-state index < -0.39 is 23.6 Å². The Labute approximate surface area is 387 Å².